The number of likely N-dealkylation sites (N-methyl/N-ethyl adjacent to an activating group) is 1. The highest BCUT2D eigenvalue weighted by molar-refractivity contribution is 7.22. The first kappa shape index (κ1) is 19.3. The lowest BCUT2D eigenvalue weighted by atomic mass is 10.2. The Hall–Kier alpha value is -2.51. The van der Waals surface area contributed by atoms with Gasteiger partial charge in [-0.05, 0) is 50.8 Å². The fourth-order valence-electron chi connectivity index (χ4n) is 2.56. The number of hydrogen-bond acceptors (Lipinski definition) is 5. The van der Waals surface area contributed by atoms with E-state index in [9.17, 15) is 9.18 Å². The van der Waals surface area contributed by atoms with E-state index >= 15 is 0 Å². The summed E-state index contributed by atoms with van der Waals surface area (Å²) in [6.45, 7) is 3.01. The minimum absolute atomic E-state index is 0.0808. The van der Waals surface area contributed by atoms with Gasteiger partial charge in [0.2, 0.25) is 0 Å². The number of carbonyl (C=O) groups excluding carboxylic acids is 1. The van der Waals surface area contributed by atoms with Crippen LogP contribution in [-0.2, 0) is 4.79 Å². The predicted octanol–water partition coefficient (Wildman–Crippen LogP) is 3.72. The number of aryl methyl sites for hydroxylation is 1. The molecule has 5 nitrogen and oxygen atoms in total. The molecular formula is C20H22FN3O2S. The topological polar surface area (TPSA) is 45.7 Å². The van der Waals surface area contributed by atoms with Crippen LogP contribution < -0.4 is 9.64 Å². The summed E-state index contributed by atoms with van der Waals surface area (Å²) in [6, 6.07) is 12.0. The Morgan fingerprint density at radius 3 is 2.70 bits per heavy atom. The van der Waals surface area contributed by atoms with Gasteiger partial charge in [0.15, 0.2) is 11.7 Å². The van der Waals surface area contributed by atoms with E-state index in [-0.39, 0.29) is 18.3 Å². The molecule has 27 heavy (non-hydrogen) atoms. The van der Waals surface area contributed by atoms with Crippen LogP contribution in [0.1, 0.15) is 5.56 Å². The summed E-state index contributed by atoms with van der Waals surface area (Å²) in [7, 11) is 3.89. The van der Waals surface area contributed by atoms with Gasteiger partial charge in [-0.1, -0.05) is 29.5 Å². The number of anilines is 1. The highest BCUT2D eigenvalue weighted by Crippen LogP contribution is 2.29. The molecule has 0 saturated carbocycles. The monoisotopic (exact) mass is 387 g/mol. The molecule has 0 radical (unpaired) electrons. The molecule has 1 aromatic heterocycles. The van der Waals surface area contributed by atoms with Gasteiger partial charge in [0.1, 0.15) is 11.6 Å². The van der Waals surface area contributed by atoms with Crippen molar-refractivity contribution in [1.82, 2.24) is 9.88 Å². The summed E-state index contributed by atoms with van der Waals surface area (Å²) in [5.74, 6) is 0.191. The van der Waals surface area contributed by atoms with Crippen LogP contribution in [0.15, 0.2) is 42.5 Å². The van der Waals surface area contributed by atoms with Gasteiger partial charge in [-0.15, -0.1) is 0 Å². The van der Waals surface area contributed by atoms with Crippen molar-refractivity contribution in [1.29, 1.82) is 0 Å². The molecule has 0 aliphatic carbocycles. The Bertz CT molecular complexity index is 942. The number of amides is 1. The average Bonchev–Trinajstić information content (AvgIpc) is 3.03. The van der Waals surface area contributed by atoms with Crippen molar-refractivity contribution in [3.63, 3.8) is 0 Å². The first-order chi connectivity index (χ1) is 12.9. The maximum Gasteiger partial charge on any atom is 0.266 e. The maximum atomic E-state index is 13.5. The summed E-state index contributed by atoms with van der Waals surface area (Å²) in [6.07, 6.45) is 0. The molecule has 1 heterocycles. The Balaban J connectivity index is 1.80. The molecule has 2 aromatic carbocycles. The van der Waals surface area contributed by atoms with Crippen molar-refractivity contribution in [2.75, 3.05) is 38.7 Å². The van der Waals surface area contributed by atoms with E-state index in [1.54, 1.807) is 11.0 Å². The van der Waals surface area contributed by atoms with E-state index in [0.717, 1.165) is 5.56 Å². The molecule has 1 amide bonds. The summed E-state index contributed by atoms with van der Waals surface area (Å²) in [4.78, 5) is 21.0. The zero-order valence-electron chi connectivity index (χ0n) is 15.6. The number of thiazole rings is 1. The quantitative estimate of drug-likeness (QED) is 0.620. The molecule has 0 atom stereocenters. The second-order valence-electron chi connectivity index (χ2n) is 6.51. The Morgan fingerprint density at radius 1 is 1.19 bits per heavy atom. The lowest BCUT2D eigenvalue weighted by Gasteiger charge is -2.22. The Kier molecular flexibility index (Phi) is 6.03. The van der Waals surface area contributed by atoms with Crippen molar-refractivity contribution in [2.45, 2.75) is 6.92 Å². The number of ether oxygens (including phenoxy) is 1. The van der Waals surface area contributed by atoms with Crippen LogP contribution >= 0.6 is 11.3 Å². The van der Waals surface area contributed by atoms with Gasteiger partial charge in [0, 0.05) is 13.1 Å². The molecule has 0 unspecified atom stereocenters. The number of benzene rings is 2. The third-order valence-corrected chi connectivity index (χ3v) is 5.13. The number of para-hydroxylation sites is 1. The van der Waals surface area contributed by atoms with Crippen LogP contribution in [0.25, 0.3) is 10.2 Å². The van der Waals surface area contributed by atoms with Gasteiger partial charge in [-0.2, -0.15) is 0 Å². The summed E-state index contributed by atoms with van der Waals surface area (Å²) >= 11 is 1.30. The molecule has 0 aliphatic rings. The molecule has 3 rings (SSSR count). The summed E-state index contributed by atoms with van der Waals surface area (Å²) < 4.78 is 19.9. The highest BCUT2D eigenvalue weighted by atomic mass is 32.1. The van der Waals surface area contributed by atoms with Crippen LogP contribution in [0.2, 0.25) is 0 Å². The van der Waals surface area contributed by atoms with Gasteiger partial charge in [0.25, 0.3) is 5.91 Å². The molecule has 0 aliphatic heterocycles. The van der Waals surface area contributed by atoms with Gasteiger partial charge in [0.05, 0.1) is 10.2 Å². The standard InChI is InChI=1S/C20H22FN3O2S/c1-14-6-4-5-7-17(14)26-13-19(25)24(11-10-23(2)3)20-22-16-9-8-15(21)12-18(16)27-20/h4-9,12H,10-11,13H2,1-3H3. The number of fused-ring (bicyclic) bond motifs is 1. The van der Waals surface area contributed by atoms with Crippen LogP contribution in [0.3, 0.4) is 0 Å². The van der Waals surface area contributed by atoms with E-state index in [1.165, 1.54) is 23.5 Å². The summed E-state index contributed by atoms with van der Waals surface area (Å²) in [5.41, 5.74) is 1.65. The van der Waals surface area contributed by atoms with E-state index < -0.39 is 0 Å². The number of halogens is 1. The van der Waals surface area contributed by atoms with E-state index in [1.807, 2.05) is 50.2 Å². The molecule has 7 heteroatoms. The minimum atomic E-state index is -0.313. The lowest BCUT2D eigenvalue weighted by Crippen LogP contribution is -2.39. The molecule has 142 valence electrons. The van der Waals surface area contributed by atoms with Crippen molar-refractivity contribution >= 4 is 32.6 Å². The number of aromatic nitrogens is 1. The number of hydrogen-bond donors (Lipinski definition) is 0. The number of nitrogens with zero attached hydrogens (tertiary/aromatic N) is 3. The zero-order valence-corrected chi connectivity index (χ0v) is 16.4. The number of rotatable bonds is 7. The third-order valence-electron chi connectivity index (χ3n) is 4.09. The fraction of sp³-hybridized carbons (Fsp3) is 0.300. The molecule has 3 aromatic rings. The Labute approximate surface area is 162 Å². The van der Waals surface area contributed by atoms with Gasteiger partial charge >= 0.3 is 0 Å². The first-order valence-corrected chi connectivity index (χ1v) is 9.45. The first-order valence-electron chi connectivity index (χ1n) is 8.63. The lowest BCUT2D eigenvalue weighted by molar-refractivity contribution is -0.120. The van der Waals surface area contributed by atoms with Crippen LogP contribution in [0.4, 0.5) is 9.52 Å². The van der Waals surface area contributed by atoms with E-state index in [0.29, 0.717) is 34.2 Å². The fourth-order valence-corrected chi connectivity index (χ4v) is 3.60. The zero-order chi connectivity index (χ0) is 19.4. The van der Waals surface area contributed by atoms with Crippen molar-refractivity contribution in [3.8, 4) is 5.75 Å². The minimum Gasteiger partial charge on any atom is -0.483 e. The Morgan fingerprint density at radius 2 is 1.96 bits per heavy atom. The molecule has 0 bridgehead atoms. The van der Waals surface area contributed by atoms with Gasteiger partial charge in [-0.25, -0.2) is 9.37 Å². The van der Waals surface area contributed by atoms with Gasteiger partial charge in [-0.3, -0.25) is 9.69 Å². The SMILES string of the molecule is Cc1ccccc1OCC(=O)N(CCN(C)C)c1nc2ccc(F)cc2s1. The molecule has 0 saturated heterocycles. The molecule has 0 N–H and O–H groups in total. The van der Waals surface area contributed by atoms with Crippen molar-refractivity contribution in [3.05, 3.63) is 53.8 Å². The summed E-state index contributed by atoms with van der Waals surface area (Å²) in [5, 5.41) is 0.552. The van der Waals surface area contributed by atoms with Crippen LogP contribution in [0, 0.1) is 12.7 Å². The second-order valence-corrected chi connectivity index (χ2v) is 7.52. The second kappa shape index (κ2) is 8.45. The molecule has 0 spiro atoms. The highest BCUT2D eigenvalue weighted by Gasteiger charge is 2.21. The number of carbonyl (C=O) groups is 1. The van der Waals surface area contributed by atoms with E-state index in [4.69, 9.17) is 4.74 Å². The smallest absolute Gasteiger partial charge is 0.266 e. The van der Waals surface area contributed by atoms with E-state index in [2.05, 4.69) is 4.98 Å². The average molecular weight is 387 g/mol. The molecule has 0 fully saturated rings. The van der Waals surface area contributed by atoms with Crippen LogP contribution in [0.5, 0.6) is 5.75 Å². The maximum absolute atomic E-state index is 13.5. The van der Waals surface area contributed by atoms with Crippen LogP contribution in [-0.4, -0.2) is 49.6 Å². The third kappa shape index (κ3) is 4.81. The predicted molar refractivity (Wildman–Crippen MR) is 107 cm³/mol. The van der Waals surface area contributed by atoms with Crippen molar-refractivity contribution < 1.29 is 13.9 Å². The largest absolute Gasteiger partial charge is 0.483 e. The van der Waals surface area contributed by atoms with Crippen molar-refractivity contribution in [2.24, 2.45) is 0 Å². The molecular weight excluding hydrogens is 365 g/mol. The normalized spacial score (nSPS) is 11.1. The van der Waals surface area contributed by atoms with Gasteiger partial charge < -0.3 is 9.64 Å².